The first-order chi connectivity index (χ1) is 13.3. The van der Waals surface area contributed by atoms with Gasteiger partial charge < -0.3 is 10.2 Å². The van der Waals surface area contributed by atoms with Gasteiger partial charge in [-0.2, -0.15) is 0 Å². The van der Waals surface area contributed by atoms with E-state index in [4.69, 9.17) is 0 Å². The Morgan fingerprint density at radius 3 is 2.29 bits per heavy atom. The topological polar surface area (TPSA) is 57.5 Å². The first-order valence-corrected chi connectivity index (χ1v) is 12.1. The number of phenolic OH excluding ortho intramolecular Hbond substituents is 2. The lowest BCUT2D eigenvalue weighted by Gasteiger charge is -2.59. The Labute approximate surface area is 177 Å². The molecule has 4 aliphatic carbocycles. The summed E-state index contributed by atoms with van der Waals surface area (Å²) in [6.45, 7) is 4.32. The molecule has 0 heterocycles. The van der Waals surface area contributed by atoms with Crippen molar-refractivity contribution < 1.29 is 15.0 Å². The molecule has 4 aliphatic rings. The minimum Gasteiger partial charge on any atom is -0.508 e. The van der Waals surface area contributed by atoms with Gasteiger partial charge in [0.1, 0.15) is 17.3 Å². The highest BCUT2D eigenvalue weighted by molar-refractivity contribution is 9.09. The molecule has 3 atom stereocenters. The summed E-state index contributed by atoms with van der Waals surface area (Å²) in [5.74, 6) is 1.14. The van der Waals surface area contributed by atoms with Crippen molar-refractivity contribution in [1.29, 1.82) is 0 Å². The van der Waals surface area contributed by atoms with Gasteiger partial charge in [-0.25, -0.2) is 0 Å². The van der Waals surface area contributed by atoms with Crippen LogP contribution in [0.2, 0.25) is 0 Å². The number of hydrogen-bond acceptors (Lipinski definition) is 3. The van der Waals surface area contributed by atoms with Crippen LogP contribution in [-0.2, 0) is 10.2 Å². The number of Topliss-reactive ketones (excluding diaryl/α,β-unsaturated/α-hetero) is 1. The maximum Gasteiger partial charge on any atom is 0.137 e. The van der Waals surface area contributed by atoms with Crippen molar-refractivity contribution >= 4 is 21.7 Å². The van der Waals surface area contributed by atoms with E-state index in [-0.39, 0.29) is 34.2 Å². The standard InChI is InChI=1S/C24H33BrO3/c1-23(2)17-14-18(23)19(26)13-16(17)22-20(27)11-15(12-21(22)28)24(7-3-4-8-24)9-5-6-10-25/h11-12,16-18,27-28H,3-10,13-14H2,1-2H3/t16-,17-,18+/m1/s1. The Bertz CT molecular complexity index is 740. The highest BCUT2D eigenvalue weighted by Crippen LogP contribution is 2.64. The van der Waals surface area contributed by atoms with Crippen molar-refractivity contribution in [2.75, 3.05) is 5.33 Å². The summed E-state index contributed by atoms with van der Waals surface area (Å²) >= 11 is 3.53. The number of hydrogen-bond donors (Lipinski definition) is 2. The molecule has 1 aromatic rings. The zero-order valence-corrected chi connectivity index (χ0v) is 18.7. The average Bonchev–Trinajstić information content (AvgIpc) is 3.10. The van der Waals surface area contributed by atoms with Crippen LogP contribution in [0.3, 0.4) is 0 Å². The van der Waals surface area contributed by atoms with Crippen LogP contribution in [0, 0.1) is 17.3 Å². The maximum absolute atomic E-state index is 12.6. The van der Waals surface area contributed by atoms with Crippen molar-refractivity contribution in [3.05, 3.63) is 23.3 Å². The summed E-state index contributed by atoms with van der Waals surface area (Å²) < 4.78 is 0. The zero-order chi connectivity index (χ0) is 20.1. The molecule has 0 aromatic heterocycles. The molecule has 0 spiro atoms. The van der Waals surface area contributed by atoms with Crippen LogP contribution in [0.15, 0.2) is 12.1 Å². The first-order valence-electron chi connectivity index (χ1n) is 11.0. The van der Waals surface area contributed by atoms with E-state index in [1.165, 1.54) is 12.8 Å². The van der Waals surface area contributed by atoms with Crippen molar-refractivity contribution in [3.63, 3.8) is 0 Å². The number of fused-ring (bicyclic) bond motifs is 2. The third-order valence-corrected chi connectivity index (χ3v) is 8.92. The summed E-state index contributed by atoms with van der Waals surface area (Å²) in [5.41, 5.74) is 1.76. The van der Waals surface area contributed by atoms with Crippen LogP contribution in [0.1, 0.15) is 88.7 Å². The molecular weight excluding hydrogens is 416 g/mol. The summed E-state index contributed by atoms with van der Waals surface area (Å²) in [5, 5.41) is 23.0. The Morgan fingerprint density at radius 1 is 1.11 bits per heavy atom. The van der Waals surface area contributed by atoms with Gasteiger partial charge in [0.15, 0.2) is 0 Å². The second-order valence-electron chi connectivity index (χ2n) is 10.1. The van der Waals surface area contributed by atoms with Gasteiger partial charge in [-0.1, -0.05) is 49.0 Å². The third kappa shape index (κ3) is 3.11. The smallest absolute Gasteiger partial charge is 0.137 e. The van der Waals surface area contributed by atoms with E-state index in [1.54, 1.807) is 0 Å². The molecule has 28 heavy (non-hydrogen) atoms. The van der Waals surface area contributed by atoms with Gasteiger partial charge in [0, 0.05) is 29.2 Å². The van der Waals surface area contributed by atoms with Gasteiger partial charge in [-0.05, 0) is 66.5 Å². The number of carbonyl (C=O) groups excluding carboxylic acids is 1. The molecule has 2 N–H and O–H groups in total. The molecule has 5 rings (SSSR count). The molecule has 4 saturated carbocycles. The fourth-order valence-electron chi connectivity index (χ4n) is 6.59. The summed E-state index contributed by atoms with van der Waals surface area (Å²) in [6, 6.07) is 3.83. The van der Waals surface area contributed by atoms with Crippen LogP contribution >= 0.6 is 15.9 Å². The number of alkyl halides is 1. The number of benzene rings is 1. The van der Waals surface area contributed by atoms with E-state index < -0.39 is 0 Å². The van der Waals surface area contributed by atoms with Gasteiger partial charge in [-0.3, -0.25) is 4.79 Å². The fourth-order valence-corrected chi connectivity index (χ4v) is 6.99. The zero-order valence-electron chi connectivity index (χ0n) is 17.1. The number of halogens is 1. The van der Waals surface area contributed by atoms with Crippen LogP contribution in [0.4, 0.5) is 0 Å². The quantitative estimate of drug-likeness (QED) is 0.402. The van der Waals surface area contributed by atoms with Crippen molar-refractivity contribution in [2.45, 2.75) is 83.0 Å². The van der Waals surface area contributed by atoms with Crippen LogP contribution < -0.4 is 0 Å². The number of unbranched alkanes of at least 4 members (excludes halogenated alkanes) is 1. The Hall–Kier alpha value is -1.03. The third-order valence-electron chi connectivity index (χ3n) is 8.36. The molecule has 2 bridgehead atoms. The van der Waals surface area contributed by atoms with E-state index in [0.29, 0.717) is 23.7 Å². The number of aromatic hydroxyl groups is 2. The van der Waals surface area contributed by atoms with E-state index in [1.807, 2.05) is 12.1 Å². The Morgan fingerprint density at radius 2 is 1.75 bits per heavy atom. The van der Waals surface area contributed by atoms with Crippen molar-refractivity contribution in [3.8, 4) is 11.5 Å². The molecule has 0 amide bonds. The van der Waals surface area contributed by atoms with Crippen LogP contribution in [0.5, 0.6) is 11.5 Å². The van der Waals surface area contributed by atoms with Gasteiger partial charge >= 0.3 is 0 Å². The average molecular weight is 449 g/mol. The minimum absolute atomic E-state index is 0.0279. The number of carbonyl (C=O) groups is 1. The lowest BCUT2D eigenvalue weighted by molar-refractivity contribution is -0.151. The van der Waals surface area contributed by atoms with E-state index in [0.717, 1.165) is 49.4 Å². The second kappa shape index (κ2) is 7.34. The van der Waals surface area contributed by atoms with E-state index in [9.17, 15) is 15.0 Å². The Balaban J connectivity index is 1.66. The summed E-state index contributed by atoms with van der Waals surface area (Å²) in [6.07, 6.45) is 9.46. The molecule has 4 heteroatoms. The molecule has 4 fully saturated rings. The minimum atomic E-state index is -0.0607. The predicted octanol–water partition coefficient (Wildman–Crippen LogP) is 6.19. The molecular formula is C24H33BrO3. The fraction of sp³-hybridized carbons (Fsp3) is 0.708. The largest absolute Gasteiger partial charge is 0.508 e. The molecule has 154 valence electrons. The normalized spacial score (nSPS) is 30.2. The highest BCUT2D eigenvalue weighted by atomic mass is 79.9. The van der Waals surface area contributed by atoms with Gasteiger partial charge in [0.25, 0.3) is 0 Å². The highest BCUT2D eigenvalue weighted by Gasteiger charge is 2.59. The number of ketones is 1. The molecule has 0 aliphatic heterocycles. The molecule has 0 saturated heterocycles. The lowest BCUT2D eigenvalue weighted by atomic mass is 9.44. The molecule has 3 nitrogen and oxygen atoms in total. The van der Waals surface area contributed by atoms with Gasteiger partial charge in [-0.15, -0.1) is 0 Å². The Kier molecular flexibility index (Phi) is 5.31. The monoisotopic (exact) mass is 448 g/mol. The SMILES string of the molecule is CC1(C)[C@@H]2C[C@H]1C(=O)C[C@H]2c1c(O)cc(C2(CCCCBr)CCCC2)cc1O. The first kappa shape index (κ1) is 20.3. The molecule has 0 unspecified atom stereocenters. The van der Waals surface area contributed by atoms with Gasteiger partial charge in [0.05, 0.1) is 0 Å². The van der Waals surface area contributed by atoms with E-state index in [2.05, 4.69) is 29.8 Å². The van der Waals surface area contributed by atoms with Crippen LogP contribution in [0.25, 0.3) is 0 Å². The van der Waals surface area contributed by atoms with Crippen molar-refractivity contribution in [2.24, 2.45) is 17.3 Å². The van der Waals surface area contributed by atoms with E-state index >= 15 is 0 Å². The second-order valence-corrected chi connectivity index (χ2v) is 10.8. The predicted molar refractivity (Wildman–Crippen MR) is 115 cm³/mol. The lowest BCUT2D eigenvalue weighted by Crippen LogP contribution is -2.56. The van der Waals surface area contributed by atoms with Crippen LogP contribution in [-0.4, -0.2) is 21.3 Å². The number of rotatable bonds is 6. The summed E-state index contributed by atoms with van der Waals surface area (Å²) in [4.78, 5) is 12.6. The molecule has 0 radical (unpaired) electrons. The number of phenols is 2. The summed E-state index contributed by atoms with van der Waals surface area (Å²) in [7, 11) is 0. The van der Waals surface area contributed by atoms with Crippen molar-refractivity contribution in [1.82, 2.24) is 0 Å². The maximum atomic E-state index is 12.6. The molecule has 1 aromatic carbocycles. The van der Waals surface area contributed by atoms with Gasteiger partial charge in [0.2, 0.25) is 0 Å².